The monoisotopic (exact) mass is 342 g/mol. The van der Waals surface area contributed by atoms with Gasteiger partial charge in [0.25, 0.3) is 0 Å². The van der Waals surface area contributed by atoms with Gasteiger partial charge in [-0.25, -0.2) is 4.39 Å². The number of nitrogens with zero attached hydrogens (tertiary/aromatic N) is 1. The summed E-state index contributed by atoms with van der Waals surface area (Å²) in [6.07, 6.45) is -5.47. The molecule has 0 aromatic heterocycles. The van der Waals surface area contributed by atoms with Gasteiger partial charge in [0.1, 0.15) is 11.6 Å². The van der Waals surface area contributed by atoms with E-state index in [1.165, 1.54) is 25.3 Å². The minimum Gasteiger partial charge on any atom is -0.496 e. The molecular weight excluding hydrogens is 324 g/mol. The standard InChI is InChI=1S/C14H18F4N2O.ClH/c1-21-12-4-2-3-10(15)13(12)11(9-14(16,17)18)20-7-5-19-6-8-20;/h2-4,11,19H,5-9H2,1H3;1H/t11-;/m0./s1. The molecule has 126 valence electrons. The molecule has 1 aliphatic rings. The maximum absolute atomic E-state index is 14.1. The van der Waals surface area contributed by atoms with E-state index in [1.807, 2.05) is 0 Å². The van der Waals surface area contributed by atoms with E-state index >= 15 is 0 Å². The van der Waals surface area contributed by atoms with Crippen LogP contribution >= 0.6 is 12.4 Å². The molecule has 3 nitrogen and oxygen atoms in total. The van der Waals surface area contributed by atoms with E-state index in [-0.39, 0.29) is 23.7 Å². The molecule has 1 fully saturated rings. The zero-order chi connectivity index (χ0) is 15.5. The third kappa shape index (κ3) is 4.72. The summed E-state index contributed by atoms with van der Waals surface area (Å²) >= 11 is 0. The van der Waals surface area contributed by atoms with Crippen LogP contribution in [-0.2, 0) is 0 Å². The second kappa shape index (κ2) is 7.99. The Hall–Kier alpha value is -1.05. The van der Waals surface area contributed by atoms with Crippen molar-refractivity contribution in [3.05, 3.63) is 29.6 Å². The summed E-state index contributed by atoms with van der Waals surface area (Å²) < 4.78 is 57.9. The zero-order valence-corrected chi connectivity index (χ0v) is 12.9. The van der Waals surface area contributed by atoms with Gasteiger partial charge in [-0.2, -0.15) is 13.2 Å². The van der Waals surface area contributed by atoms with E-state index in [2.05, 4.69) is 5.32 Å². The van der Waals surface area contributed by atoms with E-state index in [0.717, 1.165) is 0 Å². The SMILES string of the molecule is COc1cccc(F)c1[C@H](CC(F)(F)F)N1CCNCC1.Cl. The van der Waals surface area contributed by atoms with Crippen LogP contribution in [0.5, 0.6) is 5.75 Å². The van der Waals surface area contributed by atoms with Crippen LogP contribution in [0.3, 0.4) is 0 Å². The summed E-state index contributed by atoms with van der Waals surface area (Å²) in [6.45, 7) is 2.06. The van der Waals surface area contributed by atoms with Crippen molar-refractivity contribution in [2.45, 2.75) is 18.6 Å². The van der Waals surface area contributed by atoms with Crippen LogP contribution < -0.4 is 10.1 Å². The molecule has 0 amide bonds. The highest BCUT2D eigenvalue weighted by Crippen LogP contribution is 2.39. The largest absolute Gasteiger partial charge is 0.496 e. The van der Waals surface area contributed by atoms with Crippen molar-refractivity contribution in [3.8, 4) is 5.75 Å². The van der Waals surface area contributed by atoms with Gasteiger partial charge >= 0.3 is 6.18 Å². The Balaban J connectivity index is 0.00000242. The Labute approximate surface area is 133 Å². The molecule has 1 N–H and O–H groups in total. The molecule has 1 aromatic rings. The number of hydrogen-bond donors (Lipinski definition) is 1. The lowest BCUT2D eigenvalue weighted by molar-refractivity contribution is -0.149. The van der Waals surface area contributed by atoms with Gasteiger partial charge in [-0.1, -0.05) is 6.07 Å². The first kappa shape index (κ1) is 19.0. The lowest BCUT2D eigenvalue weighted by atomic mass is 9.99. The predicted octanol–water partition coefficient (Wildman–Crippen LogP) is 3.15. The number of nitrogens with one attached hydrogen (secondary N) is 1. The highest BCUT2D eigenvalue weighted by atomic mass is 35.5. The second-order valence-electron chi connectivity index (χ2n) is 4.98. The molecule has 0 bridgehead atoms. The third-order valence-corrected chi connectivity index (χ3v) is 3.58. The zero-order valence-electron chi connectivity index (χ0n) is 12.1. The van der Waals surface area contributed by atoms with Gasteiger partial charge in [0.15, 0.2) is 0 Å². The van der Waals surface area contributed by atoms with Gasteiger partial charge in [0, 0.05) is 31.7 Å². The molecule has 22 heavy (non-hydrogen) atoms. The lowest BCUT2D eigenvalue weighted by Crippen LogP contribution is -2.46. The Morgan fingerprint density at radius 2 is 1.91 bits per heavy atom. The number of ether oxygens (including phenoxy) is 1. The van der Waals surface area contributed by atoms with Crippen molar-refractivity contribution in [3.63, 3.8) is 0 Å². The average Bonchev–Trinajstić information content (AvgIpc) is 2.45. The fourth-order valence-corrected chi connectivity index (χ4v) is 2.65. The predicted molar refractivity (Wildman–Crippen MR) is 78.1 cm³/mol. The van der Waals surface area contributed by atoms with E-state index < -0.39 is 24.5 Å². The van der Waals surface area contributed by atoms with E-state index in [0.29, 0.717) is 26.2 Å². The molecule has 1 atom stereocenters. The highest BCUT2D eigenvalue weighted by Gasteiger charge is 2.38. The Bertz CT molecular complexity index is 478. The number of halogens is 5. The van der Waals surface area contributed by atoms with Gasteiger partial charge in [-0.15, -0.1) is 12.4 Å². The quantitative estimate of drug-likeness (QED) is 0.851. The average molecular weight is 343 g/mol. The maximum atomic E-state index is 14.1. The van der Waals surface area contributed by atoms with Gasteiger partial charge in [0.05, 0.1) is 19.6 Å². The normalized spacial score (nSPS) is 17.7. The van der Waals surface area contributed by atoms with Crippen molar-refractivity contribution in [1.29, 1.82) is 0 Å². The minimum atomic E-state index is -4.37. The van der Waals surface area contributed by atoms with E-state index in [1.54, 1.807) is 4.90 Å². The lowest BCUT2D eigenvalue weighted by Gasteiger charge is -2.36. The fraction of sp³-hybridized carbons (Fsp3) is 0.571. The molecule has 0 unspecified atom stereocenters. The van der Waals surface area contributed by atoms with Crippen molar-refractivity contribution in [1.82, 2.24) is 10.2 Å². The summed E-state index contributed by atoms with van der Waals surface area (Å²) in [5.41, 5.74) is -0.0146. The molecule has 1 aliphatic heterocycles. The van der Waals surface area contributed by atoms with Crippen LogP contribution in [0.25, 0.3) is 0 Å². The first-order valence-corrected chi connectivity index (χ1v) is 6.76. The number of rotatable bonds is 4. The molecular formula is C14H19ClF4N2O. The summed E-state index contributed by atoms with van der Waals surface area (Å²) in [6, 6.07) is 3.02. The van der Waals surface area contributed by atoms with Gasteiger partial charge in [0.2, 0.25) is 0 Å². The number of alkyl halides is 3. The third-order valence-electron chi connectivity index (χ3n) is 3.58. The highest BCUT2D eigenvalue weighted by molar-refractivity contribution is 5.85. The van der Waals surface area contributed by atoms with Gasteiger partial charge in [-0.3, -0.25) is 4.90 Å². The molecule has 0 spiro atoms. The topological polar surface area (TPSA) is 24.5 Å². The van der Waals surface area contributed by atoms with Crippen molar-refractivity contribution < 1.29 is 22.3 Å². The van der Waals surface area contributed by atoms with Crippen LogP contribution in [0.15, 0.2) is 18.2 Å². The molecule has 8 heteroatoms. The number of methoxy groups -OCH3 is 1. The van der Waals surface area contributed by atoms with Crippen molar-refractivity contribution in [2.75, 3.05) is 33.3 Å². The Morgan fingerprint density at radius 1 is 1.27 bits per heavy atom. The number of benzene rings is 1. The summed E-state index contributed by atoms with van der Waals surface area (Å²) in [5.74, 6) is -0.509. The fourth-order valence-electron chi connectivity index (χ4n) is 2.65. The second-order valence-corrected chi connectivity index (χ2v) is 4.98. The summed E-state index contributed by atoms with van der Waals surface area (Å²) in [7, 11) is 1.33. The maximum Gasteiger partial charge on any atom is 0.390 e. The van der Waals surface area contributed by atoms with E-state index in [9.17, 15) is 17.6 Å². The molecule has 1 saturated heterocycles. The van der Waals surface area contributed by atoms with Crippen LogP contribution in [0, 0.1) is 5.82 Å². The number of hydrogen-bond acceptors (Lipinski definition) is 3. The molecule has 2 rings (SSSR count). The van der Waals surface area contributed by atoms with Crippen LogP contribution in [0.2, 0.25) is 0 Å². The van der Waals surface area contributed by atoms with Crippen LogP contribution in [-0.4, -0.2) is 44.4 Å². The van der Waals surface area contributed by atoms with Crippen molar-refractivity contribution in [2.24, 2.45) is 0 Å². The summed E-state index contributed by atoms with van der Waals surface area (Å²) in [4.78, 5) is 1.66. The van der Waals surface area contributed by atoms with Crippen LogP contribution in [0.1, 0.15) is 18.0 Å². The first-order valence-electron chi connectivity index (χ1n) is 6.76. The molecule has 1 aromatic carbocycles. The van der Waals surface area contributed by atoms with Gasteiger partial charge in [-0.05, 0) is 12.1 Å². The molecule has 0 aliphatic carbocycles. The Kier molecular flexibility index (Phi) is 6.90. The molecule has 0 radical (unpaired) electrons. The van der Waals surface area contributed by atoms with E-state index in [4.69, 9.17) is 4.74 Å². The smallest absolute Gasteiger partial charge is 0.390 e. The Morgan fingerprint density at radius 3 is 2.45 bits per heavy atom. The van der Waals surface area contributed by atoms with Crippen LogP contribution in [0.4, 0.5) is 17.6 Å². The number of piperazine rings is 1. The minimum absolute atomic E-state index is 0. The first-order chi connectivity index (χ1) is 9.92. The molecule has 0 saturated carbocycles. The molecule has 1 heterocycles. The van der Waals surface area contributed by atoms with Gasteiger partial charge < -0.3 is 10.1 Å². The van der Waals surface area contributed by atoms with Crippen molar-refractivity contribution >= 4 is 12.4 Å². The summed E-state index contributed by atoms with van der Waals surface area (Å²) in [5, 5.41) is 3.08.